The van der Waals surface area contributed by atoms with Gasteiger partial charge in [-0.15, -0.1) is 0 Å². The molecule has 0 amide bonds. The van der Waals surface area contributed by atoms with Crippen molar-refractivity contribution in [3.63, 3.8) is 0 Å². The van der Waals surface area contributed by atoms with Gasteiger partial charge in [-0.3, -0.25) is 0 Å². The molecular formula is C23H18O2. The van der Waals surface area contributed by atoms with Gasteiger partial charge in [0.1, 0.15) is 5.75 Å². The molecular weight excluding hydrogens is 308 g/mol. The van der Waals surface area contributed by atoms with E-state index < -0.39 is 0 Å². The van der Waals surface area contributed by atoms with Crippen molar-refractivity contribution in [2.45, 2.75) is 13.3 Å². The van der Waals surface area contributed by atoms with E-state index >= 15 is 0 Å². The second kappa shape index (κ2) is 6.40. The molecule has 0 saturated heterocycles. The van der Waals surface area contributed by atoms with Gasteiger partial charge in [-0.1, -0.05) is 61.5 Å². The lowest BCUT2D eigenvalue weighted by Crippen LogP contribution is -2.09. The van der Waals surface area contributed by atoms with Crippen LogP contribution in [0.15, 0.2) is 78.9 Å². The van der Waals surface area contributed by atoms with Crippen LogP contribution in [0.4, 0.5) is 0 Å². The smallest absolute Gasteiger partial charge is 0.343 e. The molecule has 2 heteroatoms. The standard InChI is InChI=1S/C23H18O2/c1-2-16-12-13-19-15-18-10-6-7-11-20(18)22(21(19)14-16)25-23(24)17-8-4-3-5-9-17/h3-15H,2H2,1H3. The van der Waals surface area contributed by atoms with E-state index in [9.17, 15) is 4.79 Å². The fourth-order valence-electron chi connectivity index (χ4n) is 3.12. The van der Waals surface area contributed by atoms with Crippen LogP contribution in [0, 0.1) is 0 Å². The summed E-state index contributed by atoms with van der Waals surface area (Å²) in [6.45, 7) is 2.12. The molecule has 4 aromatic rings. The zero-order chi connectivity index (χ0) is 17.2. The first kappa shape index (κ1) is 15.4. The lowest BCUT2D eigenvalue weighted by Gasteiger charge is -2.13. The predicted octanol–water partition coefficient (Wildman–Crippen LogP) is 5.77. The molecule has 0 radical (unpaired) electrons. The molecule has 0 heterocycles. The molecule has 2 nitrogen and oxygen atoms in total. The topological polar surface area (TPSA) is 26.3 Å². The number of rotatable bonds is 3. The zero-order valence-corrected chi connectivity index (χ0v) is 14.0. The predicted molar refractivity (Wildman–Crippen MR) is 102 cm³/mol. The first-order chi connectivity index (χ1) is 12.3. The molecule has 4 rings (SSSR count). The second-order valence-corrected chi connectivity index (χ2v) is 6.09. The van der Waals surface area contributed by atoms with Gasteiger partial charge in [-0.2, -0.15) is 0 Å². The summed E-state index contributed by atoms with van der Waals surface area (Å²) in [6, 6.07) is 25.6. The molecule has 0 aromatic heterocycles. The molecule has 0 atom stereocenters. The Morgan fingerprint density at radius 2 is 1.52 bits per heavy atom. The third kappa shape index (κ3) is 2.87. The number of carbonyl (C=O) groups is 1. The van der Waals surface area contributed by atoms with Crippen LogP contribution in [0.25, 0.3) is 21.5 Å². The largest absolute Gasteiger partial charge is 0.422 e. The number of carbonyl (C=O) groups excluding carboxylic acids is 1. The van der Waals surface area contributed by atoms with Gasteiger partial charge in [0.2, 0.25) is 0 Å². The van der Waals surface area contributed by atoms with Crippen molar-refractivity contribution in [2.24, 2.45) is 0 Å². The molecule has 0 bridgehead atoms. The Balaban J connectivity index is 1.93. The van der Waals surface area contributed by atoms with Crippen LogP contribution < -0.4 is 4.74 Å². The summed E-state index contributed by atoms with van der Waals surface area (Å²) in [5.74, 6) is 0.303. The first-order valence-corrected chi connectivity index (χ1v) is 8.48. The minimum atomic E-state index is -0.333. The summed E-state index contributed by atoms with van der Waals surface area (Å²) in [6.07, 6.45) is 0.939. The van der Waals surface area contributed by atoms with E-state index in [-0.39, 0.29) is 5.97 Å². The van der Waals surface area contributed by atoms with Gasteiger partial charge in [-0.05, 0) is 47.0 Å². The van der Waals surface area contributed by atoms with Crippen LogP contribution in [0.2, 0.25) is 0 Å². The van der Waals surface area contributed by atoms with Crippen molar-refractivity contribution in [2.75, 3.05) is 0 Å². The van der Waals surface area contributed by atoms with Crippen LogP contribution in [-0.2, 0) is 6.42 Å². The fourth-order valence-corrected chi connectivity index (χ4v) is 3.12. The first-order valence-electron chi connectivity index (χ1n) is 8.48. The van der Waals surface area contributed by atoms with E-state index in [0.29, 0.717) is 11.3 Å². The Labute approximate surface area is 146 Å². The van der Waals surface area contributed by atoms with Crippen molar-refractivity contribution in [1.82, 2.24) is 0 Å². The lowest BCUT2D eigenvalue weighted by atomic mass is 9.99. The molecule has 4 aromatic carbocycles. The Hall–Kier alpha value is -3.13. The van der Waals surface area contributed by atoms with Crippen LogP contribution in [-0.4, -0.2) is 5.97 Å². The third-order valence-electron chi connectivity index (χ3n) is 4.49. The summed E-state index contributed by atoms with van der Waals surface area (Å²) in [4.78, 5) is 12.6. The highest BCUT2D eigenvalue weighted by atomic mass is 16.5. The molecule has 0 aliphatic heterocycles. The normalized spacial score (nSPS) is 10.9. The van der Waals surface area contributed by atoms with Gasteiger partial charge in [0.15, 0.2) is 0 Å². The van der Waals surface area contributed by atoms with E-state index in [1.54, 1.807) is 12.1 Å². The van der Waals surface area contributed by atoms with Crippen LogP contribution >= 0.6 is 0 Å². The molecule has 0 N–H and O–H groups in total. The second-order valence-electron chi connectivity index (χ2n) is 6.09. The summed E-state index contributed by atoms with van der Waals surface area (Å²) < 4.78 is 5.89. The molecule has 0 saturated carbocycles. The molecule has 0 spiro atoms. The SMILES string of the molecule is CCc1ccc2cc3ccccc3c(OC(=O)c3ccccc3)c2c1. The summed E-state index contributed by atoms with van der Waals surface area (Å²) in [7, 11) is 0. The Morgan fingerprint density at radius 3 is 2.32 bits per heavy atom. The van der Waals surface area contributed by atoms with Crippen molar-refractivity contribution in [3.8, 4) is 5.75 Å². The Kier molecular flexibility index (Phi) is 3.95. The molecule has 25 heavy (non-hydrogen) atoms. The minimum Gasteiger partial charge on any atom is -0.422 e. The lowest BCUT2D eigenvalue weighted by molar-refractivity contribution is 0.0739. The average Bonchev–Trinajstić information content (AvgIpc) is 2.68. The number of hydrogen-bond donors (Lipinski definition) is 0. The van der Waals surface area contributed by atoms with Gasteiger partial charge in [-0.25, -0.2) is 4.79 Å². The molecule has 122 valence electrons. The highest BCUT2D eigenvalue weighted by molar-refractivity contribution is 6.07. The minimum absolute atomic E-state index is 0.333. The van der Waals surface area contributed by atoms with Gasteiger partial charge in [0.05, 0.1) is 5.56 Å². The van der Waals surface area contributed by atoms with Crippen molar-refractivity contribution in [1.29, 1.82) is 0 Å². The fraction of sp³-hybridized carbons (Fsp3) is 0.0870. The van der Waals surface area contributed by atoms with E-state index in [4.69, 9.17) is 4.74 Å². The van der Waals surface area contributed by atoms with E-state index in [0.717, 1.165) is 28.0 Å². The number of benzene rings is 4. The van der Waals surface area contributed by atoms with Crippen molar-refractivity contribution in [3.05, 3.63) is 90.0 Å². The summed E-state index contributed by atoms with van der Waals surface area (Å²) in [5.41, 5.74) is 1.77. The molecule has 0 aliphatic rings. The van der Waals surface area contributed by atoms with Gasteiger partial charge >= 0.3 is 5.97 Å². The monoisotopic (exact) mass is 326 g/mol. The van der Waals surface area contributed by atoms with Gasteiger partial charge in [0, 0.05) is 10.8 Å². The average molecular weight is 326 g/mol. The maximum absolute atomic E-state index is 12.6. The quantitative estimate of drug-likeness (QED) is 0.271. The van der Waals surface area contributed by atoms with E-state index in [1.165, 1.54) is 5.56 Å². The van der Waals surface area contributed by atoms with E-state index in [2.05, 4.69) is 31.2 Å². The summed E-state index contributed by atoms with van der Waals surface area (Å²) >= 11 is 0. The van der Waals surface area contributed by atoms with Crippen molar-refractivity contribution < 1.29 is 9.53 Å². The maximum atomic E-state index is 12.6. The molecule has 0 aliphatic carbocycles. The summed E-state index contributed by atoms with van der Waals surface area (Å²) in [5, 5.41) is 4.07. The number of hydrogen-bond acceptors (Lipinski definition) is 2. The maximum Gasteiger partial charge on any atom is 0.343 e. The number of fused-ring (bicyclic) bond motifs is 2. The highest BCUT2D eigenvalue weighted by Gasteiger charge is 2.14. The van der Waals surface area contributed by atoms with Gasteiger partial charge < -0.3 is 4.74 Å². The molecule has 0 unspecified atom stereocenters. The zero-order valence-electron chi connectivity index (χ0n) is 14.0. The number of aryl methyl sites for hydroxylation is 1. The van der Waals surface area contributed by atoms with Gasteiger partial charge in [0.25, 0.3) is 0 Å². The Morgan fingerprint density at radius 1 is 0.800 bits per heavy atom. The Bertz CT molecular complexity index is 1070. The van der Waals surface area contributed by atoms with Crippen molar-refractivity contribution >= 4 is 27.5 Å². The van der Waals surface area contributed by atoms with Crippen LogP contribution in [0.1, 0.15) is 22.8 Å². The van der Waals surface area contributed by atoms with Crippen LogP contribution in [0.3, 0.4) is 0 Å². The number of esters is 1. The van der Waals surface area contributed by atoms with Crippen LogP contribution in [0.5, 0.6) is 5.75 Å². The van der Waals surface area contributed by atoms with E-state index in [1.807, 2.05) is 42.5 Å². The third-order valence-corrected chi connectivity index (χ3v) is 4.49. The highest BCUT2D eigenvalue weighted by Crippen LogP contribution is 2.36. The number of ether oxygens (including phenoxy) is 1. The molecule has 0 fully saturated rings.